The van der Waals surface area contributed by atoms with Crippen LogP contribution in [0.5, 0.6) is 0 Å². The summed E-state index contributed by atoms with van der Waals surface area (Å²) in [6, 6.07) is 0. The SMILES string of the molecule is C=Cc1nn(C)cc1/C=C(\C)S.CC. The lowest BCUT2D eigenvalue weighted by molar-refractivity contribution is 0.764. The monoisotopic (exact) mass is 210 g/mol. The molecule has 0 saturated heterocycles. The zero-order valence-electron chi connectivity index (χ0n) is 9.28. The molecule has 0 amide bonds. The maximum Gasteiger partial charge on any atom is 0.0917 e. The molecule has 1 rings (SSSR count). The van der Waals surface area contributed by atoms with Crippen molar-refractivity contribution in [3.63, 3.8) is 0 Å². The van der Waals surface area contributed by atoms with E-state index in [1.165, 1.54) is 0 Å². The van der Waals surface area contributed by atoms with Crippen LogP contribution in [-0.4, -0.2) is 9.78 Å². The molecule has 14 heavy (non-hydrogen) atoms. The minimum absolute atomic E-state index is 0.894. The summed E-state index contributed by atoms with van der Waals surface area (Å²) in [7, 11) is 1.89. The molecule has 3 heteroatoms. The predicted octanol–water partition coefficient (Wildman–Crippen LogP) is 3.38. The summed E-state index contributed by atoms with van der Waals surface area (Å²) < 4.78 is 1.76. The van der Waals surface area contributed by atoms with Crippen LogP contribution >= 0.6 is 12.6 Å². The van der Waals surface area contributed by atoms with Crippen LogP contribution in [0.25, 0.3) is 12.2 Å². The molecule has 0 bridgehead atoms. The second kappa shape index (κ2) is 6.49. The molecule has 0 spiro atoms. The first-order valence-electron chi connectivity index (χ1n) is 4.67. The Labute approximate surface area is 91.7 Å². The molecule has 0 aromatic carbocycles. The Bertz CT molecular complexity index is 320. The van der Waals surface area contributed by atoms with Crippen LogP contribution in [-0.2, 0) is 7.05 Å². The summed E-state index contributed by atoms with van der Waals surface area (Å²) in [5.41, 5.74) is 1.95. The predicted molar refractivity (Wildman–Crippen MR) is 67.3 cm³/mol. The van der Waals surface area contributed by atoms with Crippen molar-refractivity contribution in [2.75, 3.05) is 0 Å². The number of hydrogen-bond donors (Lipinski definition) is 1. The first-order valence-corrected chi connectivity index (χ1v) is 5.11. The number of rotatable bonds is 2. The van der Waals surface area contributed by atoms with Gasteiger partial charge in [-0.05, 0) is 24.0 Å². The maximum absolute atomic E-state index is 4.20. The third-order valence-corrected chi connectivity index (χ3v) is 1.57. The molecule has 1 heterocycles. The molecule has 0 unspecified atom stereocenters. The third-order valence-electron chi connectivity index (χ3n) is 1.44. The molecule has 1 aromatic rings. The number of nitrogens with zero attached hydrogens (tertiary/aromatic N) is 2. The Morgan fingerprint density at radius 1 is 1.57 bits per heavy atom. The number of thiol groups is 1. The summed E-state index contributed by atoms with van der Waals surface area (Å²) in [5, 5.41) is 4.20. The van der Waals surface area contributed by atoms with Crippen LogP contribution in [0, 0.1) is 0 Å². The normalized spacial score (nSPS) is 10.5. The fourth-order valence-electron chi connectivity index (χ4n) is 1.02. The lowest BCUT2D eigenvalue weighted by Crippen LogP contribution is -1.86. The summed E-state index contributed by atoms with van der Waals surface area (Å²) >= 11 is 4.19. The molecular weight excluding hydrogens is 192 g/mol. The van der Waals surface area contributed by atoms with Crippen molar-refractivity contribution < 1.29 is 0 Å². The maximum atomic E-state index is 4.20. The van der Waals surface area contributed by atoms with Crippen molar-refractivity contribution in [2.24, 2.45) is 7.05 Å². The van der Waals surface area contributed by atoms with Gasteiger partial charge in [0.25, 0.3) is 0 Å². The molecule has 0 aliphatic heterocycles. The van der Waals surface area contributed by atoms with Crippen molar-refractivity contribution in [3.8, 4) is 0 Å². The molecule has 0 fully saturated rings. The number of allylic oxidation sites excluding steroid dienone is 1. The minimum Gasteiger partial charge on any atom is -0.275 e. The number of aromatic nitrogens is 2. The Kier molecular flexibility index (Phi) is 6.04. The fourth-order valence-corrected chi connectivity index (χ4v) is 1.16. The molecule has 0 aliphatic carbocycles. The third kappa shape index (κ3) is 3.83. The lowest BCUT2D eigenvalue weighted by Gasteiger charge is -1.88. The zero-order valence-corrected chi connectivity index (χ0v) is 10.2. The van der Waals surface area contributed by atoms with E-state index in [4.69, 9.17) is 0 Å². The van der Waals surface area contributed by atoms with Gasteiger partial charge in [-0.3, -0.25) is 4.68 Å². The van der Waals surface area contributed by atoms with Gasteiger partial charge >= 0.3 is 0 Å². The smallest absolute Gasteiger partial charge is 0.0917 e. The average molecular weight is 210 g/mol. The average Bonchev–Trinajstić information content (AvgIpc) is 2.48. The van der Waals surface area contributed by atoms with E-state index in [9.17, 15) is 0 Å². The Morgan fingerprint density at radius 2 is 2.14 bits per heavy atom. The molecule has 0 atom stereocenters. The van der Waals surface area contributed by atoms with Crippen molar-refractivity contribution in [2.45, 2.75) is 20.8 Å². The van der Waals surface area contributed by atoms with Gasteiger partial charge < -0.3 is 0 Å². The molecule has 2 nitrogen and oxygen atoms in total. The molecule has 1 aromatic heterocycles. The quantitative estimate of drug-likeness (QED) is 0.741. The van der Waals surface area contributed by atoms with Gasteiger partial charge in [0.15, 0.2) is 0 Å². The molecule has 0 N–H and O–H groups in total. The molecule has 78 valence electrons. The van der Waals surface area contributed by atoms with Gasteiger partial charge in [-0.15, -0.1) is 12.6 Å². The highest BCUT2D eigenvalue weighted by molar-refractivity contribution is 7.84. The van der Waals surface area contributed by atoms with E-state index in [0.29, 0.717) is 0 Å². The van der Waals surface area contributed by atoms with E-state index < -0.39 is 0 Å². The van der Waals surface area contributed by atoms with Crippen LogP contribution in [0.2, 0.25) is 0 Å². The van der Waals surface area contributed by atoms with Crippen molar-refractivity contribution in [1.29, 1.82) is 0 Å². The van der Waals surface area contributed by atoms with Gasteiger partial charge in [0.2, 0.25) is 0 Å². The van der Waals surface area contributed by atoms with Crippen LogP contribution in [0.1, 0.15) is 32.0 Å². The first kappa shape index (κ1) is 13.0. The standard InChI is InChI=1S/C9H12N2S.C2H6/c1-4-9-8(5-7(2)12)6-11(3)10-9;1-2/h4-6,12H,1H2,2-3H3;1-2H3/b7-5+;. The van der Waals surface area contributed by atoms with Gasteiger partial charge in [-0.2, -0.15) is 5.10 Å². The van der Waals surface area contributed by atoms with Crippen molar-refractivity contribution in [3.05, 3.63) is 28.9 Å². The van der Waals surface area contributed by atoms with Crippen LogP contribution in [0.3, 0.4) is 0 Å². The number of aryl methyl sites for hydroxylation is 1. The first-order chi connectivity index (χ1) is 6.63. The van der Waals surface area contributed by atoms with Gasteiger partial charge in [0.1, 0.15) is 0 Å². The van der Waals surface area contributed by atoms with Gasteiger partial charge in [-0.25, -0.2) is 0 Å². The van der Waals surface area contributed by atoms with E-state index >= 15 is 0 Å². The Morgan fingerprint density at radius 3 is 2.57 bits per heavy atom. The molecule has 0 saturated carbocycles. The highest BCUT2D eigenvalue weighted by atomic mass is 32.1. The van der Waals surface area contributed by atoms with Crippen LogP contribution < -0.4 is 0 Å². The van der Waals surface area contributed by atoms with E-state index in [1.807, 2.05) is 40.1 Å². The topological polar surface area (TPSA) is 17.8 Å². The summed E-state index contributed by atoms with van der Waals surface area (Å²) in [4.78, 5) is 0.964. The van der Waals surface area contributed by atoms with Gasteiger partial charge in [0, 0.05) is 18.8 Å². The van der Waals surface area contributed by atoms with E-state index in [-0.39, 0.29) is 0 Å². The summed E-state index contributed by atoms with van der Waals surface area (Å²) in [6.45, 7) is 9.62. The van der Waals surface area contributed by atoms with Gasteiger partial charge in [0.05, 0.1) is 5.69 Å². The fraction of sp³-hybridized carbons (Fsp3) is 0.364. The Balaban J connectivity index is 0.000000791. The Hall–Kier alpha value is -0.960. The lowest BCUT2D eigenvalue weighted by atomic mass is 10.2. The highest BCUT2D eigenvalue weighted by Gasteiger charge is 2.00. The second-order valence-corrected chi connectivity index (χ2v) is 3.34. The highest BCUT2D eigenvalue weighted by Crippen LogP contribution is 2.13. The van der Waals surface area contributed by atoms with E-state index in [0.717, 1.165) is 16.2 Å². The van der Waals surface area contributed by atoms with E-state index in [2.05, 4.69) is 24.3 Å². The molecule has 0 radical (unpaired) electrons. The van der Waals surface area contributed by atoms with Crippen LogP contribution in [0.4, 0.5) is 0 Å². The van der Waals surface area contributed by atoms with Crippen molar-refractivity contribution >= 4 is 24.8 Å². The molecular formula is C11H18N2S. The molecule has 0 aliphatic rings. The second-order valence-electron chi connectivity index (χ2n) is 2.63. The van der Waals surface area contributed by atoms with E-state index in [1.54, 1.807) is 10.8 Å². The zero-order chi connectivity index (χ0) is 11.1. The number of hydrogen-bond acceptors (Lipinski definition) is 2. The summed E-state index contributed by atoms with van der Waals surface area (Å²) in [6.07, 6.45) is 5.65. The summed E-state index contributed by atoms with van der Waals surface area (Å²) in [5.74, 6) is 0. The minimum atomic E-state index is 0.894. The van der Waals surface area contributed by atoms with Crippen molar-refractivity contribution in [1.82, 2.24) is 9.78 Å². The largest absolute Gasteiger partial charge is 0.275 e. The van der Waals surface area contributed by atoms with Crippen LogP contribution in [0.15, 0.2) is 17.7 Å². The van der Waals surface area contributed by atoms with Gasteiger partial charge in [-0.1, -0.05) is 20.4 Å².